The van der Waals surface area contributed by atoms with Gasteiger partial charge in [0, 0.05) is 77.2 Å². The Morgan fingerprint density at radius 2 is 0.912 bits per heavy atom. The molecule has 0 saturated heterocycles. The Hall–Kier alpha value is -2.32. The zero-order valence-electron chi connectivity index (χ0n) is 35.6. The minimum Gasteiger partial charge on any atom is -0.395 e. The van der Waals surface area contributed by atoms with Gasteiger partial charge in [0.2, 0.25) is 0 Å². The van der Waals surface area contributed by atoms with Gasteiger partial charge in [-0.3, -0.25) is 9.59 Å². The summed E-state index contributed by atoms with van der Waals surface area (Å²) in [5.41, 5.74) is -0.239. The van der Waals surface area contributed by atoms with E-state index >= 15 is 0 Å². The van der Waals surface area contributed by atoms with Crippen molar-refractivity contribution in [3.63, 3.8) is 0 Å². The molecule has 2 aliphatic rings. The quantitative estimate of drug-likeness (QED) is 0.0661. The maximum Gasteiger partial charge on any atom is 0.317 e. The van der Waals surface area contributed by atoms with Gasteiger partial charge in [0.25, 0.3) is 0 Å². The Kier molecular flexibility index (Phi) is 24.3. The van der Waals surface area contributed by atoms with Crippen molar-refractivity contribution in [1.82, 2.24) is 20.4 Å². The van der Waals surface area contributed by atoms with Gasteiger partial charge in [-0.25, -0.2) is 9.59 Å². The normalized spacial score (nSPS) is 24.8. The van der Waals surface area contributed by atoms with Crippen molar-refractivity contribution in [1.29, 1.82) is 0 Å². The van der Waals surface area contributed by atoms with Gasteiger partial charge in [-0.05, 0) is 84.9 Å². The van der Waals surface area contributed by atoms with Crippen LogP contribution in [0.25, 0.3) is 0 Å². The molecule has 2 saturated carbocycles. The number of amides is 4. The topological polar surface area (TPSA) is 189 Å². The highest BCUT2D eigenvalue weighted by atomic mass is 16.5. The van der Waals surface area contributed by atoms with Gasteiger partial charge in [-0.15, -0.1) is 0 Å². The number of ketones is 2. The number of Topliss-reactive ketones (excluding diaryl/α,β-unsaturated/α-hetero) is 2. The minimum atomic E-state index is -0.282. The first-order valence-electron chi connectivity index (χ1n) is 20.8. The molecule has 57 heavy (non-hydrogen) atoms. The molecular formula is C44H86N4O9. The number of aliphatic hydroxyl groups excluding tert-OH is 4. The van der Waals surface area contributed by atoms with E-state index in [-0.39, 0.29) is 137 Å². The third-order valence-electron chi connectivity index (χ3n) is 11.6. The maximum atomic E-state index is 13.1. The van der Waals surface area contributed by atoms with E-state index in [0.29, 0.717) is 38.9 Å². The predicted octanol–water partition coefficient (Wildman–Crippen LogP) is 6.19. The molecule has 6 unspecified atom stereocenters. The van der Waals surface area contributed by atoms with Crippen molar-refractivity contribution in [2.24, 2.45) is 33.5 Å². The molecule has 0 aromatic heterocycles. The SMILES string of the molecule is C.C.CC(COCC(C)CC(=O)CCC1(C)CC(NC(=O)N(CCO)CCO)CC(C)(C)C1)CC(=O)CCC1(C)CC(NC(=O)N(CCO)CCO)CC(C)(C)C1. The van der Waals surface area contributed by atoms with Crippen LogP contribution in [-0.4, -0.2) is 132 Å². The maximum absolute atomic E-state index is 13.1. The lowest BCUT2D eigenvalue weighted by Gasteiger charge is -2.47. The standard InChI is InChI=1S/C42H78N4O9.2CH4/c1-31(21-35(51)9-11-41(7)25-33(23-39(3,4)29-41)43-37(53)45(13-17-47)14-18-48)27-55-28-32(2)22-36(52)10-12-42(8)26-34(24-40(5,6)30-42)44-38(54)46(15-19-49)16-20-50;;/h31-34,47-50H,9-30H2,1-8H3,(H,43,53)(H,44,54);2*1H4. The fraction of sp³-hybridized carbons (Fsp3) is 0.909. The van der Waals surface area contributed by atoms with Crippen LogP contribution in [0.1, 0.15) is 147 Å². The molecule has 13 heteroatoms. The van der Waals surface area contributed by atoms with Crippen LogP contribution >= 0.6 is 0 Å². The number of rotatable bonds is 24. The van der Waals surface area contributed by atoms with Gasteiger partial charge in [0.15, 0.2) is 0 Å². The molecule has 336 valence electrons. The van der Waals surface area contributed by atoms with Crippen LogP contribution in [0.3, 0.4) is 0 Å². The number of nitrogens with one attached hydrogen (secondary N) is 2. The number of hydrogen-bond acceptors (Lipinski definition) is 9. The second-order valence-electron chi connectivity index (χ2n) is 19.5. The molecule has 2 rings (SSSR count). The first-order valence-corrected chi connectivity index (χ1v) is 20.8. The van der Waals surface area contributed by atoms with Crippen LogP contribution in [0.15, 0.2) is 0 Å². The molecule has 0 aromatic carbocycles. The van der Waals surface area contributed by atoms with Crippen molar-refractivity contribution in [2.45, 2.75) is 159 Å². The van der Waals surface area contributed by atoms with Crippen molar-refractivity contribution < 1.29 is 44.3 Å². The summed E-state index contributed by atoms with van der Waals surface area (Å²) in [5.74, 6) is 0.528. The molecule has 0 radical (unpaired) electrons. The van der Waals surface area contributed by atoms with Crippen LogP contribution in [-0.2, 0) is 14.3 Å². The highest BCUT2D eigenvalue weighted by molar-refractivity contribution is 5.79. The summed E-state index contributed by atoms with van der Waals surface area (Å²) in [6.07, 6.45) is 8.39. The van der Waals surface area contributed by atoms with E-state index in [1.54, 1.807) is 0 Å². The summed E-state index contributed by atoms with van der Waals surface area (Å²) >= 11 is 0. The molecule has 0 aliphatic heterocycles. The van der Waals surface area contributed by atoms with Crippen LogP contribution in [0, 0.1) is 33.5 Å². The highest BCUT2D eigenvalue weighted by Crippen LogP contribution is 2.50. The molecule has 13 nitrogen and oxygen atoms in total. The monoisotopic (exact) mass is 815 g/mol. The fourth-order valence-corrected chi connectivity index (χ4v) is 9.95. The van der Waals surface area contributed by atoms with E-state index < -0.39 is 0 Å². The van der Waals surface area contributed by atoms with Gasteiger partial charge in [-0.2, -0.15) is 0 Å². The molecule has 4 amide bonds. The lowest BCUT2D eigenvalue weighted by Crippen LogP contribution is -2.51. The van der Waals surface area contributed by atoms with Crippen molar-refractivity contribution in [2.75, 3.05) is 65.8 Å². The van der Waals surface area contributed by atoms with E-state index in [1.807, 2.05) is 13.8 Å². The van der Waals surface area contributed by atoms with E-state index in [4.69, 9.17) is 4.74 Å². The molecule has 0 aromatic rings. The van der Waals surface area contributed by atoms with E-state index in [9.17, 15) is 39.6 Å². The highest BCUT2D eigenvalue weighted by Gasteiger charge is 2.43. The van der Waals surface area contributed by atoms with Gasteiger partial charge < -0.3 is 45.6 Å². The molecular weight excluding hydrogens is 729 g/mol. The average Bonchev–Trinajstić information content (AvgIpc) is 3.04. The largest absolute Gasteiger partial charge is 0.395 e. The molecule has 0 bridgehead atoms. The molecule has 2 aliphatic carbocycles. The predicted molar refractivity (Wildman–Crippen MR) is 228 cm³/mol. The smallest absolute Gasteiger partial charge is 0.317 e. The van der Waals surface area contributed by atoms with Crippen LogP contribution < -0.4 is 10.6 Å². The van der Waals surface area contributed by atoms with Gasteiger partial charge in [0.1, 0.15) is 11.6 Å². The Morgan fingerprint density at radius 1 is 0.596 bits per heavy atom. The van der Waals surface area contributed by atoms with Crippen molar-refractivity contribution in [3.05, 3.63) is 0 Å². The van der Waals surface area contributed by atoms with Gasteiger partial charge in [0.05, 0.1) is 26.4 Å². The molecule has 0 heterocycles. The Balaban J connectivity index is 0.0000157. The first-order chi connectivity index (χ1) is 25.7. The van der Waals surface area contributed by atoms with Gasteiger partial charge in [-0.1, -0.05) is 70.2 Å². The summed E-state index contributed by atoms with van der Waals surface area (Å²) in [7, 11) is 0. The van der Waals surface area contributed by atoms with Crippen molar-refractivity contribution >= 4 is 23.6 Å². The van der Waals surface area contributed by atoms with Crippen LogP contribution in [0.5, 0.6) is 0 Å². The second-order valence-corrected chi connectivity index (χ2v) is 19.5. The third kappa shape index (κ3) is 20.5. The van der Waals surface area contributed by atoms with Crippen LogP contribution in [0.2, 0.25) is 0 Å². The minimum absolute atomic E-state index is 0. The van der Waals surface area contributed by atoms with E-state index in [2.05, 4.69) is 52.2 Å². The lowest BCUT2D eigenvalue weighted by atomic mass is 9.61. The molecule has 6 atom stereocenters. The second kappa shape index (κ2) is 25.3. The Morgan fingerprint density at radius 3 is 1.21 bits per heavy atom. The number of aliphatic hydroxyl groups is 4. The number of carbonyl (C=O) groups excluding carboxylic acids is 4. The zero-order valence-corrected chi connectivity index (χ0v) is 35.6. The van der Waals surface area contributed by atoms with Crippen LogP contribution in [0.4, 0.5) is 9.59 Å². The van der Waals surface area contributed by atoms with Gasteiger partial charge >= 0.3 is 12.1 Å². The first kappa shape index (κ1) is 54.7. The summed E-state index contributed by atoms with van der Waals surface area (Å²) in [6.45, 7) is 18.1. The van der Waals surface area contributed by atoms with E-state index in [0.717, 1.165) is 51.4 Å². The van der Waals surface area contributed by atoms with E-state index in [1.165, 1.54) is 9.80 Å². The lowest BCUT2D eigenvalue weighted by molar-refractivity contribution is -0.121. The number of hydrogen-bond donors (Lipinski definition) is 6. The molecule has 6 N–H and O–H groups in total. The number of ether oxygens (including phenoxy) is 1. The average molecular weight is 815 g/mol. The molecule has 2 fully saturated rings. The Labute approximate surface area is 346 Å². The number of nitrogens with zero attached hydrogens (tertiary/aromatic N) is 2. The summed E-state index contributed by atoms with van der Waals surface area (Å²) in [6, 6.07) is -0.675. The number of urea groups is 2. The molecule has 0 spiro atoms. The van der Waals surface area contributed by atoms with Crippen molar-refractivity contribution in [3.8, 4) is 0 Å². The third-order valence-corrected chi connectivity index (χ3v) is 11.6. The summed E-state index contributed by atoms with van der Waals surface area (Å²) < 4.78 is 6.00. The zero-order chi connectivity index (χ0) is 41.5. The summed E-state index contributed by atoms with van der Waals surface area (Å²) in [5, 5.41) is 43.6. The fourth-order valence-electron chi connectivity index (χ4n) is 9.95. The Bertz CT molecular complexity index is 1110. The summed E-state index contributed by atoms with van der Waals surface area (Å²) in [4.78, 5) is 54.8. The number of carbonyl (C=O) groups is 4.